The number of amides is 2. The van der Waals surface area contributed by atoms with Gasteiger partial charge in [0, 0.05) is 36.8 Å². The van der Waals surface area contributed by atoms with E-state index in [0.29, 0.717) is 36.8 Å². The number of carbonyl (C=O) groups excluding carboxylic acids is 2. The largest absolute Gasteiger partial charge is 0.353 e. The molecule has 4 nitrogen and oxygen atoms in total. The highest BCUT2D eigenvalue weighted by molar-refractivity contribution is 5.77. The zero-order chi connectivity index (χ0) is 22.2. The molecular formula is C28H36N2O2. The van der Waals surface area contributed by atoms with Gasteiger partial charge in [-0.15, -0.1) is 0 Å². The molecule has 0 aliphatic heterocycles. The summed E-state index contributed by atoms with van der Waals surface area (Å²) in [5, 5.41) is 6.35. The van der Waals surface area contributed by atoms with Gasteiger partial charge in [-0.25, -0.2) is 0 Å². The minimum atomic E-state index is 0.194. The van der Waals surface area contributed by atoms with Crippen LogP contribution in [0.4, 0.5) is 0 Å². The molecular weight excluding hydrogens is 396 g/mol. The summed E-state index contributed by atoms with van der Waals surface area (Å²) in [6, 6.07) is 21.6. The Morgan fingerprint density at radius 1 is 0.594 bits per heavy atom. The van der Waals surface area contributed by atoms with E-state index in [1.165, 1.54) is 11.1 Å². The van der Waals surface area contributed by atoms with Crippen molar-refractivity contribution < 1.29 is 9.59 Å². The molecule has 0 heterocycles. The first-order valence-corrected chi connectivity index (χ1v) is 12.4. The molecule has 2 aromatic carbocycles. The molecule has 2 N–H and O–H groups in total. The van der Waals surface area contributed by atoms with Gasteiger partial charge in [0.2, 0.25) is 11.8 Å². The van der Waals surface area contributed by atoms with Crippen LogP contribution in [0.2, 0.25) is 0 Å². The molecule has 0 radical (unpaired) electrons. The topological polar surface area (TPSA) is 58.2 Å². The van der Waals surface area contributed by atoms with Crippen molar-refractivity contribution in [3.05, 3.63) is 71.8 Å². The average molecular weight is 433 g/mol. The van der Waals surface area contributed by atoms with Gasteiger partial charge in [0.25, 0.3) is 0 Å². The van der Waals surface area contributed by atoms with Gasteiger partial charge >= 0.3 is 0 Å². The predicted molar refractivity (Wildman–Crippen MR) is 128 cm³/mol. The Kier molecular flexibility index (Phi) is 7.97. The van der Waals surface area contributed by atoms with Gasteiger partial charge in [-0.1, -0.05) is 86.3 Å². The molecule has 2 saturated carbocycles. The molecule has 0 saturated heterocycles. The number of rotatable bonds is 13. The fourth-order valence-corrected chi connectivity index (χ4v) is 4.68. The molecule has 0 bridgehead atoms. The monoisotopic (exact) mass is 432 g/mol. The molecule has 0 spiro atoms. The summed E-state index contributed by atoms with van der Waals surface area (Å²) >= 11 is 0. The predicted octanol–water partition coefficient (Wildman–Crippen LogP) is 5.45. The van der Waals surface area contributed by atoms with Gasteiger partial charge in [-0.05, 0) is 36.8 Å². The van der Waals surface area contributed by atoms with Gasteiger partial charge in [0.1, 0.15) is 0 Å². The van der Waals surface area contributed by atoms with Crippen molar-refractivity contribution >= 4 is 11.8 Å². The van der Waals surface area contributed by atoms with E-state index in [4.69, 9.17) is 0 Å². The number of benzene rings is 2. The third-order valence-electron chi connectivity index (χ3n) is 6.79. The molecule has 4 rings (SSSR count). The quantitative estimate of drug-likeness (QED) is 0.413. The highest BCUT2D eigenvalue weighted by Gasteiger charge is 2.39. The molecule has 2 aliphatic rings. The molecule has 32 heavy (non-hydrogen) atoms. The highest BCUT2D eigenvalue weighted by Crippen LogP contribution is 2.41. The number of hydrogen-bond donors (Lipinski definition) is 2. The Hall–Kier alpha value is -2.62. The molecule has 2 aromatic rings. The smallest absolute Gasteiger partial charge is 0.220 e. The van der Waals surface area contributed by atoms with Crippen LogP contribution in [-0.2, 0) is 9.59 Å². The van der Waals surface area contributed by atoms with Crippen molar-refractivity contribution in [3.8, 4) is 0 Å². The Morgan fingerprint density at radius 3 is 1.38 bits per heavy atom. The van der Waals surface area contributed by atoms with E-state index < -0.39 is 0 Å². The van der Waals surface area contributed by atoms with Crippen LogP contribution in [0.15, 0.2) is 60.7 Å². The van der Waals surface area contributed by atoms with Gasteiger partial charge in [0.15, 0.2) is 0 Å². The van der Waals surface area contributed by atoms with E-state index in [0.717, 1.165) is 51.4 Å². The van der Waals surface area contributed by atoms with Crippen LogP contribution in [0, 0.1) is 0 Å². The van der Waals surface area contributed by atoms with E-state index in [9.17, 15) is 9.59 Å². The van der Waals surface area contributed by atoms with Crippen LogP contribution in [0.25, 0.3) is 0 Å². The average Bonchev–Trinajstić information content (AvgIpc) is 3.74. The van der Waals surface area contributed by atoms with E-state index in [2.05, 4.69) is 59.2 Å². The van der Waals surface area contributed by atoms with Crippen molar-refractivity contribution in [2.45, 2.75) is 88.1 Å². The lowest BCUT2D eigenvalue weighted by Crippen LogP contribution is -2.26. The zero-order valence-electron chi connectivity index (χ0n) is 19.0. The lowest BCUT2D eigenvalue weighted by Gasteiger charge is -2.06. The van der Waals surface area contributed by atoms with Gasteiger partial charge < -0.3 is 10.6 Å². The zero-order valence-corrected chi connectivity index (χ0v) is 19.0. The third-order valence-corrected chi connectivity index (χ3v) is 6.79. The lowest BCUT2D eigenvalue weighted by atomic mass is 10.1. The van der Waals surface area contributed by atoms with Crippen LogP contribution in [-0.4, -0.2) is 23.9 Å². The highest BCUT2D eigenvalue weighted by atomic mass is 16.2. The minimum Gasteiger partial charge on any atom is -0.353 e. The summed E-state index contributed by atoms with van der Waals surface area (Å²) in [4.78, 5) is 24.3. The van der Waals surface area contributed by atoms with Gasteiger partial charge in [-0.3, -0.25) is 9.59 Å². The van der Waals surface area contributed by atoms with Gasteiger partial charge in [0.05, 0.1) is 0 Å². The number of unbranched alkanes of at least 4 members (excludes halogenated alkanes) is 5. The second kappa shape index (κ2) is 11.3. The maximum atomic E-state index is 12.1. The molecule has 2 amide bonds. The Labute approximate surface area is 192 Å². The van der Waals surface area contributed by atoms with Crippen molar-refractivity contribution in [2.75, 3.05) is 0 Å². The van der Waals surface area contributed by atoms with Crippen molar-refractivity contribution in [1.29, 1.82) is 0 Å². The van der Waals surface area contributed by atoms with Crippen LogP contribution in [0.3, 0.4) is 0 Å². The molecule has 170 valence electrons. The maximum Gasteiger partial charge on any atom is 0.220 e. The molecule has 4 heteroatoms. The van der Waals surface area contributed by atoms with E-state index in [-0.39, 0.29) is 11.8 Å². The Morgan fingerprint density at radius 2 is 0.969 bits per heavy atom. The first-order chi connectivity index (χ1) is 15.7. The van der Waals surface area contributed by atoms with E-state index in [1.807, 2.05) is 12.1 Å². The number of carbonyl (C=O) groups is 2. The second-order valence-corrected chi connectivity index (χ2v) is 9.48. The first-order valence-electron chi connectivity index (χ1n) is 12.4. The van der Waals surface area contributed by atoms with Crippen molar-refractivity contribution in [3.63, 3.8) is 0 Å². The fraction of sp³-hybridized carbons (Fsp3) is 0.500. The second-order valence-electron chi connectivity index (χ2n) is 9.48. The standard InChI is InChI=1S/C28H36N2O2/c31-27(29-25-19-23(25)21-13-7-5-8-14-21)17-11-3-1-2-4-12-18-28(32)30-26-20-24(26)22-15-9-6-10-16-22/h5-10,13-16,23-26H,1-4,11-12,17-20H2,(H,29,31)(H,30,32). The summed E-state index contributed by atoms with van der Waals surface area (Å²) in [6.45, 7) is 0. The number of nitrogens with one attached hydrogen (secondary N) is 2. The van der Waals surface area contributed by atoms with Crippen molar-refractivity contribution in [2.24, 2.45) is 0 Å². The molecule has 4 atom stereocenters. The molecule has 2 fully saturated rings. The van der Waals surface area contributed by atoms with E-state index in [1.54, 1.807) is 0 Å². The van der Waals surface area contributed by atoms with Crippen LogP contribution in [0.5, 0.6) is 0 Å². The summed E-state index contributed by atoms with van der Waals surface area (Å²) in [5.74, 6) is 1.39. The molecule has 2 aliphatic carbocycles. The SMILES string of the molecule is O=C(CCCCCCCCC(=O)NC1CC1c1ccccc1)NC1CC1c1ccccc1. The van der Waals surface area contributed by atoms with Gasteiger partial charge in [-0.2, -0.15) is 0 Å². The summed E-state index contributed by atoms with van der Waals surface area (Å²) in [5.41, 5.74) is 2.67. The molecule has 4 unspecified atom stereocenters. The van der Waals surface area contributed by atoms with Crippen LogP contribution < -0.4 is 10.6 Å². The first kappa shape index (κ1) is 22.6. The number of hydrogen-bond acceptors (Lipinski definition) is 2. The lowest BCUT2D eigenvalue weighted by molar-refractivity contribution is -0.122. The summed E-state index contributed by atoms with van der Waals surface area (Å²) in [6.07, 6.45) is 9.77. The Bertz CT molecular complexity index is 794. The fourth-order valence-electron chi connectivity index (χ4n) is 4.68. The van der Waals surface area contributed by atoms with Crippen LogP contribution >= 0.6 is 0 Å². The van der Waals surface area contributed by atoms with Crippen molar-refractivity contribution in [1.82, 2.24) is 10.6 Å². The normalized spacial score (nSPS) is 23.4. The maximum absolute atomic E-state index is 12.1. The molecule has 0 aromatic heterocycles. The summed E-state index contributed by atoms with van der Waals surface area (Å²) < 4.78 is 0. The van der Waals surface area contributed by atoms with E-state index >= 15 is 0 Å². The Balaban J connectivity index is 0.961. The minimum absolute atomic E-state index is 0.194. The third kappa shape index (κ3) is 6.94. The summed E-state index contributed by atoms with van der Waals surface area (Å²) in [7, 11) is 0. The van der Waals surface area contributed by atoms with Crippen LogP contribution in [0.1, 0.15) is 87.2 Å².